The van der Waals surface area contributed by atoms with Crippen LogP contribution in [0, 0.1) is 0 Å². The number of hydrogen-bond donors (Lipinski definition) is 2. The van der Waals surface area contributed by atoms with Crippen molar-refractivity contribution in [3.05, 3.63) is 90.0 Å². The van der Waals surface area contributed by atoms with E-state index in [2.05, 4.69) is 44.9 Å². The molecule has 2 heterocycles. The van der Waals surface area contributed by atoms with Gasteiger partial charge < -0.3 is 15.4 Å². The van der Waals surface area contributed by atoms with E-state index in [1.807, 2.05) is 54.6 Å². The standard InChI is InChI=1S/C26H27N5O.3ClH/c1-32-22-11-12-24-23(19-22)26(29-18-17-27-16-14-20-7-3-2-4-8-20)31-25(30-24)13-10-21-9-5-6-15-28-21;;;/h2-13,15,19,27H,14,16-18H2,1H3,(H,29,30,31);3*1H. The molecule has 35 heavy (non-hydrogen) atoms. The van der Waals surface area contributed by atoms with Crippen LogP contribution in [0.25, 0.3) is 23.1 Å². The zero-order valence-electron chi connectivity index (χ0n) is 19.4. The fourth-order valence-electron chi connectivity index (χ4n) is 3.37. The number of halogens is 3. The third kappa shape index (κ3) is 9.00. The number of nitrogens with one attached hydrogen (secondary N) is 2. The number of nitrogens with zero attached hydrogens (tertiary/aromatic N) is 3. The highest BCUT2D eigenvalue weighted by Crippen LogP contribution is 2.25. The molecular formula is C26H30Cl3N5O. The molecule has 0 amide bonds. The molecule has 0 aliphatic rings. The van der Waals surface area contributed by atoms with Gasteiger partial charge in [-0.1, -0.05) is 36.4 Å². The van der Waals surface area contributed by atoms with Crippen molar-refractivity contribution in [1.82, 2.24) is 20.3 Å². The Bertz CT molecular complexity index is 1180. The summed E-state index contributed by atoms with van der Waals surface area (Å²) in [4.78, 5) is 13.7. The lowest BCUT2D eigenvalue weighted by Gasteiger charge is -2.11. The number of hydrogen-bond acceptors (Lipinski definition) is 6. The van der Waals surface area contributed by atoms with Crippen molar-refractivity contribution in [3.8, 4) is 5.75 Å². The van der Waals surface area contributed by atoms with Gasteiger partial charge in [0.25, 0.3) is 0 Å². The largest absolute Gasteiger partial charge is 0.497 e. The second-order valence-corrected chi connectivity index (χ2v) is 7.31. The lowest BCUT2D eigenvalue weighted by molar-refractivity contribution is 0.415. The first-order valence-electron chi connectivity index (χ1n) is 10.8. The lowest BCUT2D eigenvalue weighted by atomic mass is 10.1. The van der Waals surface area contributed by atoms with E-state index in [-0.39, 0.29) is 37.2 Å². The molecule has 0 bridgehead atoms. The smallest absolute Gasteiger partial charge is 0.155 e. The van der Waals surface area contributed by atoms with Crippen LogP contribution in [-0.2, 0) is 6.42 Å². The Morgan fingerprint density at radius 1 is 0.829 bits per heavy atom. The highest BCUT2D eigenvalue weighted by atomic mass is 35.5. The molecule has 6 nitrogen and oxygen atoms in total. The van der Waals surface area contributed by atoms with Gasteiger partial charge in [0.05, 0.1) is 18.3 Å². The number of benzene rings is 2. The molecule has 0 saturated heterocycles. The summed E-state index contributed by atoms with van der Waals surface area (Å²) in [6, 6.07) is 22.1. The van der Waals surface area contributed by atoms with Crippen molar-refractivity contribution in [3.63, 3.8) is 0 Å². The Morgan fingerprint density at radius 3 is 2.37 bits per heavy atom. The van der Waals surface area contributed by atoms with Crippen LogP contribution in [0.2, 0.25) is 0 Å². The van der Waals surface area contributed by atoms with Crippen LogP contribution in [0.3, 0.4) is 0 Å². The minimum absolute atomic E-state index is 0. The Balaban J connectivity index is 0.00000204. The molecule has 9 heteroatoms. The van der Waals surface area contributed by atoms with Crippen molar-refractivity contribution < 1.29 is 4.74 Å². The summed E-state index contributed by atoms with van der Waals surface area (Å²) < 4.78 is 5.39. The van der Waals surface area contributed by atoms with Gasteiger partial charge in [0.2, 0.25) is 0 Å². The first-order valence-corrected chi connectivity index (χ1v) is 10.8. The third-order valence-electron chi connectivity index (χ3n) is 5.04. The zero-order chi connectivity index (χ0) is 22.0. The van der Waals surface area contributed by atoms with E-state index < -0.39 is 0 Å². The molecule has 0 radical (unpaired) electrons. The van der Waals surface area contributed by atoms with E-state index in [9.17, 15) is 0 Å². The summed E-state index contributed by atoms with van der Waals surface area (Å²) in [5.74, 6) is 2.20. The highest BCUT2D eigenvalue weighted by Gasteiger charge is 2.08. The van der Waals surface area contributed by atoms with Crippen LogP contribution in [0.4, 0.5) is 5.82 Å². The summed E-state index contributed by atoms with van der Waals surface area (Å²) in [5.41, 5.74) is 3.07. The van der Waals surface area contributed by atoms with E-state index in [4.69, 9.17) is 9.72 Å². The fraction of sp³-hybridized carbons (Fsp3) is 0.192. The quantitative estimate of drug-likeness (QED) is 0.254. The average Bonchev–Trinajstić information content (AvgIpc) is 2.85. The number of fused-ring (bicyclic) bond motifs is 1. The molecule has 0 unspecified atom stereocenters. The molecule has 0 fully saturated rings. The molecular weight excluding hydrogens is 505 g/mol. The van der Waals surface area contributed by atoms with Crippen LogP contribution in [0.1, 0.15) is 17.1 Å². The normalized spacial score (nSPS) is 10.2. The first kappa shape index (κ1) is 30.1. The third-order valence-corrected chi connectivity index (χ3v) is 5.04. The van der Waals surface area contributed by atoms with Gasteiger partial charge >= 0.3 is 0 Å². The van der Waals surface area contributed by atoms with Crippen LogP contribution in [0.15, 0.2) is 72.9 Å². The molecule has 186 valence electrons. The monoisotopic (exact) mass is 533 g/mol. The second kappa shape index (κ2) is 15.9. The Labute approximate surface area is 224 Å². The first-order chi connectivity index (χ1) is 15.8. The molecule has 0 saturated carbocycles. The van der Waals surface area contributed by atoms with Gasteiger partial charge in [-0.25, -0.2) is 9.97 Å². The van der Waals surface area contributed by atoms with E-state index in [1.54, 1.807) is 13.3 Å². The topological polar surface area (TPSA) is 72.0 Å². The van der Waals surface area contributed by atoms with Gasteiger partial charge in [-0.2, -0.15) is 0 Å². The summed E-state index contributed by atoms with van der Waals surface area (Å²) >= 11 is 0. The predicted octanol–water partition coefficient (Wildman–Crippen LogP) is 5.71. The maximum absolute atomic E-state index is 5.39. The van der Waals surface area contributed by atoms with Crippen molar-refractivity contribution in [2.75, 3.05) is 32.1 Å². The van der Waals surface area contributed by atoms with E-state index in [0.717, 1.165) is 54.2 Å². The van der Waals surface area contributed by atoms with E-state index >= 15 is 0 Å². The number of pyridine rings is 1. The molecule has 2 aromatic heterocycles. The van der Waals surface area contributed by atoms with Gasteiger partial charge in [-0.3, -0.25) is 4.98 Å². The molecule has 0 spiro atoms. The number of ether oxygens (including phenoxy) is 1. The summed E-state index contributed by atoms with van der Waals surface area (Å²) in [6.07, 6.45) is 6.58. The second-order valence-electron chi connectivity index (χ2n) is 7.31. The lowest BCUT2D eigenvalue weighted by Crippen LogP contribution is -2.24. The average molecular weight is 535 g/mol. The molecule has 4 aromatic rings. The van der Waals surface area contributed by atoms with Gasteiger partial charge in [-0.05, 0) is 61.0 Å². The Morgan fingerprint density at radius 2 is 1.63 bits per heavy atom. The highest BCUT2D eigenvalue weighted by molar-refractivity contribution is 5.91. The number of aromatic nitrogens is 3. The van der Waals surface area contributed by atoms with E-state index in [1.165, 1.54) is 5.56 Å². The molecule has 0 aliphatic heterocycles. The van der Waals surface area contributed by atoms with Crippen LogP contribution in [0.5, 0.6) is 5.75 Å². The SMILES string of the molecule is COc1ccc2nc(C=Cc3ccccn3)nc(NCCNCCc3ccccc3)c2c1.Cl.Cl.Cl. The minimum atomic E-state index is 0. The molecule has 4 rings (SSSR count). The maximum atomic E-state index is 5.39. The predicted molar refractivity (Wildman–Crippen MR) is 153 cm³/mol. The fourth-order valence-corrected chi connectivity index (χ4v) is 3.37. The molecule has 0 atom stereocenters. The summed E-state index contributed by atoms with van der Waals surface area (Å²) in [6.45, 7) is 2.52. The Hall–Kier alpha value is -2.90. The Kier molecular flexibility index (Phi) is 13.7. The number of methoxy groups -OCH3 is 1. The van der Waals surface area contributed by atoms with Gasteiger partial charge in [0.1, 0.15) is 11.6 Å². The van der Waals surface area contributed by atoms with Crippen LogP contribution >= 0.6 is 37.2 Å². The van der Waals surface area contributed by atoms with E-state index in [0.29, 0.717) is 5.82 Å². The van der Waals surface area contributed by atoms with Crippen molar-refractivity contribution in [1.29, 1.82) is 0 Å². The molecule has 2 N–H and O–H groups in total. The number of anilines is 1. The summed E-state index contributed by atoms with van der Waals surface area (Å²) in [7, 11) is 1.66. The summed E-state index contributed by atoms with van der Waals surface area (Å²) in [5, 5.41) is 7.87. The zero-order valence-corrected chi connectivity index (χ0v) is 21.8. The maximum Gasteiger partial charge on any atom is 0.155 e. The van der Waals surface area contributed by atoms with Crippen molar-refractivity contribution >= 4 is 66.1 Å². The van der Waals surface area contributed by atoms with Crippen molar-refractivity contribution in [2.24, 2.45) is 0 Å². The van der Waals surface area contributed by atoms with Gasteiger partial charge in [0, 0.05) is 24.7 Å². The molecule has 0 aliphatic carbocycles. The number of rotatable bonds is 10. The van der Waals surface area contributed by atoms with Gasteiger partial charge in [0.15, 0.2) is 5.82 Å². The molecule has 2 aromatic carbocycles. The minimum Gasteiger partial charge on any atom is -0.497 e. The van der Waals surface area contributed by atoms with Gasteiger partial charge in [-0.15, -0.1) is 37.2 Å². The van der Waals surface area contributed by atoms with Crippen LogP contribution < -0.4 is 15.4 Å². The van der Waals surface area contributed by atoms with Crippen molar-refractivity contribution in [2.45, 2.75) is 6.42 Å². The van der Waals surface area contributed by atoms with Crippen LogP contribution in [-0.4, -0.2) is 41.7 Å².